The molecule has 1 N–H and O–H groups in total. The fourth-order valence-corrected chi connectivity index (χ4v) is 4.95. The lowest BCUT2D eigenvalue weighted by Gasteiger charge is -2.31. The monoisotopic (exact) mass is 479 g/mol. The summed E-state index contributed by atoms with van der Waals surface area (Å²) in [5.74, 6) is -0.484. The number of aromatic nitrogens is 2. The number of ether oxygens (including phenoxy) is 1. The van der Waals surface area contributed by atoms with Crippen LogP contribution >= 0.6 is 0 Å². The average molecular weight is 479 g/mol. The Bertz CT molecular complexity index is 1040. The van der Waals surface area contributed by atoms with Crippen LogP contribution in [0, 0.1) is 11.8 Å². The quantitative estimate of drug-likeness (QED) is 0.674. The smallest absolute Gasteiger partial charge is 0.435 e. The van der Waals surface area contributed by atoms with E-state index in [9.17, 15) is 22.8 Å². The summed E-state index contributed by atoms with van der Waals surface area (Å²) in [4.78, 5) is 25.7. The first-order valence-corrected chi connectivity index (χ1v) is 11.4. The van der Waals surface area contributed by atoms with E-state index in [-0.39, 0.29) is 49.4 Å². The maximum Gasteiger partial charge on any atom is 0.435 e. The molecule has 1 fully saturated rings. The normalized spacial score (nSPS) is 20.6. The van der Waals surface area contributed by atoms with Gasteiger partial charge in [0.05, 0.1) is 31.8 Å². The molecule has 2 aliphatic rings. The highest BCUT2D eigenvalue weighted by Crippen LogP contribution is 2.36. The van der Waals surface area contributed by atoms with Gasteiger partial charge in [-0.3, -0.25) is 14.3 Å². The Kier molecular flexibility index (Phi) is 6.86. The summed E-state index contributed by atoms with van der Waals surface area (Å²) in [6.45, 7) is 0.453. The van der Waals surface area contributed by atoms with E-state index < -0.39 is 17.8 Å². The number of halogens is 3. The lowest BCUT2D eigenvalue weighted by atomic mass is 9.80. The van der Waals surface area contributed by atoms with Crippen LogP contribution in [0.15, 0.2) is 24.3 Å². The van der Waals surface area contributed by atoms with Crippen molar-refractivity contribution in [2.75, 3.05) is 13.7 Å². The van der Waals surface area contributed by atoms with Crippen LogP contribution < -0.4 is 4.74 Å². The minimum absolute atomic E-state index is 0.0812. The number of carbonyl (C=O) groups is 2. The van der Waals surface area contributed by atoms with E-state index in [0.717, 1.165) is 5.56 Å². The number of rotatable bonds is 6. The van der Waals surface area contributed by atoms with Crippen LogP contribution in [0.1, 0.15) is 54.6 Å². The molecule has 0 saturated heterocycles. The van der Waals surface area contributed by atoms with Gasteiger partial charge in [0.2, 0.25) is 5.91 Å². The number of nitrogens with zero attached hydrogens (tertiary/aromatic N) is 3. The van der Waals surface area contributed by atoms with E-state index in [4.69, 9.17) is 9.84 Å². The molecular weight excluding hydrogens is 451 g/mol. The molecule has 4 rings (SSSR count). The maximum absolute atomic E-state index is 13.7. The van der Waals surface area contributed by atoms with Crippen molar-refractivity contribution in [2.45, 2.75) is 57.8 Å². The van der Waals surface area contributed by atoms with Crippen LogP contribution in [-0.2, 0) is 35.3 Å². The molecule has 1 aliphatic carbocycles. The van der Waals surface area contributed by atoms with Crippen LogP contribution in [0.3, 0.4) is 0 Å². The van der Waals surface area contributed by atoms with Gasteiger partial charge in [-0.25, -0.2) is 0 Å². The molecule has 1 aromatic carbocycles. The molecule has 0 spiro atoms. The fraction of sp³-hybridized carbons (Fsp3) is 0.542. The van der Waals surface area contributed by atoms with Crippen LogP contribution in [0.5, 0.6) is 5.75 Å². The van der Waals surface area contributed by atoms with E-state index in [1.807, 2.05) is 0 Å². The third kappa shape index (κ3) is 5.20. The van der Waals surface area contributed by atoms with Gasteiger partial charge in [-0.15, -0.1) is 0 Å². The predicted octanol–water partition coefficient (Wildman–Crippen LogP) is 4.12. The number of fused-ring (bicyclic) bond motifs is 1. The van der Waals surface area contributed by atoms with Crippen molar-refractivity contribution >= 4 is 11.9 Å². The zero-order valence-electron chi connectivity index (χ0n) is 19.0. The van der Waals surface area contributed by atoms with Crippen molar-refractivity contribution in [3.63, 3.8) is 0 Å². The Morgan fingerprint density at radius 1 is 1.15 bits per heavy atom. The predicted molar refractivity (Wildman–Crippen MR) is 116 cm³/mol. The molecule has 2 heterocycles. The number of carbonyl (C=O) groups excluding carboxylic acids is 1. The van der Waals surface area contributed by atoms with Crippen molar-refractivity contribution in [1.29, 1.82) is 0 Å². The fourth-order valence-electron chi connectivity index (χ4n) is 4.95. The van der Waals surface area contributed by atoms with Gasteiger partial charge in [0.25, 0.3) is 0 Å². The van der Waals surface area contributed by atoms with Crippen molar-refractivity contribution in [3.8, 4) is 5.75 Å². The molecule has 0 bridgehead atoms. The van der Waals surface area contributed by atoms with Gasteiger partial charge in [0.1, 0.15) is 5.75 Å². The van der Waals surface area contributed by atoms with Crippen molar-refractivity contribution in [2.24, 2.45) is 11.8 Å². The number of alkyl halides is 3. The minimum Gasteiger partial charge on any atom is -0.497 e. The Hall–Kier alpha value is -3.04. The number of methoxy groups -OCH3 is 1. The molecule has 10 heteroatoms. The van der Waals surface area contributed by atoms with Gasteiger partial charge in [-0.1, -0.05) is 12.1 Å². The van der Waals surface area contributed by atoms with E-state index in [1.54, 1.807) is 29.2 Å². The molecule has 34 heavy (non-hydrogen) atoms. The highest BCUT2D eigenvalue weighted by Gasteiger charge is 2.41. The Morgan fingerprint density at radius 2 is 1.82 bits per heavy atom. The van der Waals surface area contributed by atoms with E-state index in [0.29, 0.717) is 43.5 Å². The number of aliphatic carboxylic acids is 1. The maximum atomic E-state index is 13.7. The highest BCUT2D eigenvalue weighted by atomic mass is 19.4. The van der Waals surface area contributed by atoms with Gasteiger partial charge in [-0.05, 0) is 55.7 Å². The van der Waals surface area contributed by atoms with Crippen LogP contribution in [0.4, 0.5) is 13.2 Å². The largest absolute Gasteiger partial charge is 0.497 e. The molecule has 184 valence electrons. The van der Waals surface area contributed by atoms with Gasteiger partial charge < -0.3 is 14.7 Å². The zero-order valence-corrected chi connectivity index (χ0v) is 19.0. The summed E-state index contributed by atoms with van der Waals surface area (Å²) in [6.07, 6.45) is -1.71. The third-order valence-corrected chi connectivity index (χ3v) is 6.91. The number of benzene rings is 1. The molecule has 1 aromatic heterocycles. The van der Waals surface area contributed by atoms with Crippen molar-refractivity contribution in [1.82, 2.24) is 14.7 Å². The summed E-state index contributed by atoms with van der Waals surface area (Å²) < 4.78 is 47.5. The second-order valence-corrected chi connectivity index (χ2v) is 9.10. The lowest BCUT2D eigenvalue weighted by Crippen LogP contribution is -2.38. The Morgan fingerprint density at radius 3 is 2.41 bits per heavy atom. The Balaban J connectivity index is 1.49. The number of amides is 1. The zero-order chi connectivity index (χ0) is 24.5. The van der Waals surface area contributed by atoms with Crippen LogP contribution in [0.25, 0.3) is 0 Å². The summed E-state index contributed by atoms with van der Waals surface area (Å²) in [7, 11) is 1.54. The number of carboxylic acid groups (broad SMARTS) is 1. The first kappa shape index (κ1) is 24.1. The van der Waals surface area contributed by atoms with Gasteiger partial charge >= 0.3 is 12.1 Å². The number of carboxylic acids is 1. The van der Waals surface area contributed by atoms with Gasteiger partial charge in [0.15, 0.2) is 5.69 Å². The topological polar surface area (TPSA) is 84.7 Å². The summed E-state index contributed by atoms with van der Waals surface area (Å²) in [5, 5.41) is 13.1. The first-order chi connectivity index (χ1) is 16.2. The van der Waals surface area contributed by atoms with Gasteiger partial charge in [-0.2, -0.15) is 18.3 Å². The molecule has 1 aliphatic heterocycles. The second kappa shape index (κ2) is 9.68. The molecule has 0 radical (unpaired) electrons. The summed E-state index contributed by atoms with van der Waals surface area (Å²) in [5.41, 5.74) is 0.470. The molecule has 1 saturated carbocycles. The summed E-state index contributed by atoms with van der Waals surface area (Å²) >= 11 is 0. The minimum atomic E-state index is -4.57. The van der Waals surface area contributed by atoms with Crippen molar-refractivity contribution < 1.29 is 32.6 Å². The lowest BCUT2D eigenvalue weighted by molar-refractivity contribution is -0.143. The number of hydrogen-bond acceptors (Lipinski definition) is 4. The molecule has 1 amide bonds. The van der Waals surface area contributed by atoms with Crippen LogP contribution in [0.2, 0.25) is 0 Å². The molecular formula is C24H28F3N3O4. The SMILES string of the molecule is COc1ccc(Cn2nc(C(F)(F)F)c3c2CN(C(=O)C[C@H]2CC[C@H](C(=O)O)CC2)CC3)cc1. The Labute approximate surface area is 195 Å². The first-order valence-electron chi connectivity index (χ1n) is 11.4. The van der Waals surface area contributed by atoms with E-state index in [1.165, 1.54) is 11.8 Å². The highest BCUT2D eigenvalue weighted by molar-refractivity contribution is 5.77. The van der Waals surface area contributed by atoms with Crippen LogP contribution in [-0.4, -0.2) is 45.3 Å². The second-order valence-electron chi connectivity index (χ2n) is 9.10. The standard InChI is InChI=1S/C24H28F3N3O4/c1-34-18-8-4-16(5-9-18)13-30-20-14-29(11-10-19(20)22(28-30)24(25,26)27)21(31)12-15-2-6-17(7-3-15)23(32)33/h4-5,8-9,15,17H,2-3,6-7,10-14H2,1H3,(H,32,33)/t15-,17-. The summed E-state index contributed by atoms with van der Waals surface area (Å²) in [6, 6.07) is 7.04. The average Bonchev–Trinajstić information content (AvgIpc) is 3.18. The molecule has 7 nitrogen and oxygen atoms in total. The van der Waals surface area contributed by atoms with Crippen molar-refractivity contribution in [3.05, 3.63) is 46.8 Å². The van der Waals surface area contributed by atoms with E-state index >= 15 is 0 Å². The third-order valence-electron chi connectivity index (χ3n) is 6.91. The molecule has 0 atom stereocenters. The number of hydrogen-bond donors (Lipinski definition) is 1. The molecule has 0 unspecified atom stereocenters. The van der Waals surface area contributed by atoms with E-state index in [2.05, 4.69) is 5.10 Å². The van der Waals surface area contributed by atoms with Gasteiger partial charge in [0, 0.05) is 18.5 Å². The molecule has 2 aromatic rings.